The van der Waals surface area contributed by atoms with E-state index < -0.39 is 0 Å². The number of halogens is 1. The topological polar surface area (TPSA) is 54.7 Å². The van der Waals surface area contributed by atoms with Gasteiger partial charge in [0, 0.05) is 6.54 Å². The lowest BCUT2D eigenvalue weighted by Crippen LogP contribution is -1.95. The van der Waals surface area contributed by atoms with E-state index in [9.17, 15) is 0 Å². The molecule has 0 saturated heterocycles. The summed E-state index contributed by atoms with van der Waals surface area (Å²) >= 11 is 0. The fraction of sp³-hybridized carbons (Fsp3) is 0.222. The molecule has 1 aromatic heterocycles. The molecule has 3 N–H and O–H groups in total. The van der Waals surface area contributed by atoms with Crippen molar-refractivity contribution in [2.75, 3.05) is 0 Å². The summed E-state index contributed by atoms with van der Waals surface area (Å²) in [6, 6.07) is 6.03. The minimum absolute atomic E-state index is 0. The van der Waals surface area contributed by atoms with E-state index in [1.54, 1.807) is 0 Å². The summed E-state index contributed by atoms with van der Waals surface area (Å²) in [5, 5.41) is 0. The summed E-state index contributed by atoms with van der Waals surface area (Å²) in [4.78, 5) is 7.46. The molecule has 70 valence electrons. The number of aromatic nitrogens is 2. The molecule has 0 fully saturated rings. The molecule has 0 spiro atoms. The summed E-state index contributed by atoms with van der Waals surface area (Å²) in [5.41, 5.74) is 8.71. The van der Waals surface area contributed by atoms with Gasteiger partial charge in [-0.3, -0.25) is 0 Å². The minimum atomic E-state index is 0. The Kier molecular flexibility index (Phi) is 2.90. The zero-order chi connectivity index (χ0) is 8.55. The van der Waals surface area contributed by atoms with Crippen molar-refractivity contribution >= 4 is 23.4 Å². The summed E-state index contributed by atoms with van der Waals surface area (Å²) in [6.07, 6.45) is 0. The highest BCUT2D eigenvalue weighted by atomic mass is 35.5. The lowest BCUT2D eigenvalue weighted by atomic mass is 10.2. The molecule has 3 nitrogen and oxygen atoms in total. The number of fused-ring (bicyclic) bond motifs is 1. The first kappa shape index (κ1) is 10.0. The van der Waals surface area contributed by atoms with E-state index in [0.29, 0.717) is 6.54 Å². The molecule has 13 heavy (non-hydrogen) atoms. The lowest BCUT2D eigenvalue weighted by molar-refractivity contribution is 1.07. The molecule has 0 unspecified atom stereocenters. The highest BCUT2D eigenvalue weighted by molar-refractivity contribution is 5.85. The zero-order valence-corrected chi connectivity index (χ0v) is 8.19. The van der Waals surface area contributed by atoms with Crippen molar-refractivity contribution in [3.05, 3.63) is 29.6 Å². The molecule has 4 heteroatoms. The van der Waals surface area contributed by atoms with Gasteiger partial charge < -0.3 is 10.7 Å². The van der Waals surface area contributed by atoms with Crippen LogP contribution in [0.1, 0.15) is 11.4 Å². The maximum absolute atomic E-state index is 5.51. The molecule has 2 aromatic rings. The number of hydrogen-bond acceptors (Lipinski definition) is 2. The number of hydrogen-bond donors (Lipinski definition) is 2. The van der Waals surface area contributed by atoms with Crippen molar-refractivity contribution in [3.63, 3.8) is 0 Å². The molecular formula is C9H12ClN3. The minimum Gasteiger partial charge on any atom is -0.342 e. The molecular weight excluding hydrogens is 186 g/mol. The summed E-state index contributed by atoms with van der Waals surface area (Å²) in [5.74, 6) is 0.944. The number of nitrogens with zero attached hydrogens (tertiary/aromatic N) is 1. The van der Waals surface area contributed by atoms with Gasteiger partial charge in [-0.2, -0.15) is 0 Å². The summed E-state index contributed by atoms with van der Waals surface area (Å²) in [6.45, 7) is 2.52. The third kappa shape index (κ3) is 1.82. The normalized spacial score (nSPS) is 10.0. The number of nitrogens with two attached hydrogens (primary N) is 1. The fourth-order valence-corrected chi connectivity index (χ4v) is 1.31. The molecule has 0 aliphatic heterocycles. The Balaban J connectivity index is 0.000000845. The van der Waals surface area contributed by atoms with Crippen LogP contribution in [0.4, 0.5) is 0 Å². The van der Waals surface area contributed by atoms with Crippen LogP contribution in [0.15, 0.2) is 18.2 Å². The SMILES string of the molecule is Cc1nc2ccc(CN)cc2[nH]1.Cl. The second-order valence-electron chi connectivity index (χ2n) is 2.88. The highest BCUT2D eigenvalue weighted by Crippen LogP contribution is 2.12. The molecule has 0 saturated carbocycles. The van der Waals surface area contributed by atoms with Gasteiger partial charge in [0.2, 0.25) is 0 Å². The van der Waals surface area contributed by atoms with Crippen LogP contribution in [-0.4, -0.2) is 9.97 Å². The number of aromatic amines is 1. The van der Waals surface area contributed by atoms with E-state index in [1.807, 2.05) is 25.1 Å². The Morgan fingerprint density at radius 3 is 2.92 bits per heavy atom. The Morgan fingerprint density at radius 1 is 1.46 bits per heavy atom. The number of H-pyrrole nitrogens is 1. The van der Waals surface area contributed by atoms with Gasteiger partial charge in [0.1, 0.15) is 5.82 Å². The van der Waals surface area contributed by atoms with Crippen LogP contribution in [0.3, 0.4) is 0 Å². The first-order valence-corrected chi connectivity index (χ1v) is 3.95. The van der Waals surface area contributed by atoms with Crippen LogP contribution in [0.2, 0.25) is 0 Å². The van der Waals surface area contributed by atoms with E-state index in [1.165, 1.54) is 0 Å². The zero-order valence-electron chi connectivity index (χ0n) is 7.37. The van der Waals surface area contributed by atoms with E-state index >= 15 is 0 Å². The average molecular weight is 198 g/mol. The Labute approximate surface area is 82.8 Å². The predicted molar refractivity (Wildman–Crippen MR) is 56.0 cm³/mol. The highest BCUT2D eigenvalue weighted by Gasteiger charge is 1.98. The molecule has 1 heterocycles. The number of rotatable bonds is 1. The van der Waals surface area contributed by atoms with Gasteiger partial charge in [-0.15, -0.1) is 12.4 Å². The first-order valence-electron chi connectivity index (χ1n) is 3.95. The van der Waals surface area contributed by atoms with Gasteiger partial charge in [-0.25, -0.2) is 4.98 Å². The van der Waals surface area contributed by atoms with Gasteiger partial charge in [0.25, 0.3) is 0 Å². The third-order valence-electron chi connectivity index (χ3n) is 1.90. The smallest absolute Gasteiger partial charge is 0.104 e. The van der Waals surface area contributed by atoms with Crippen LogP contribution in [0.25, 0.3) is 11.0 Å². The van der Waals surface area contributed by atoms with Crippen LogP contribution < -0.4 is 5.73 Å². The maximum atomic E-state index is 5.51. The van der Waals surface area contributed by atoms with Crippen LogP contribution in [0.5, 0.6) is 0 Å². The fourth-order valence-electron chi connectivity index (χ4n) is 1.31. The number of benzene rings is 1. The van der Waals surface area contributed by atoms with Gasteiger partial charge in [-0.1, -0.05) is 6.07 Å². The molecule has 0 bridgehead atoms. The largest absolute Gasteiger partial charge is 0.342 e. The molecule has 2 rings (SSSR count). The van der Waals surface area contributed by atoms with Gasteiger partial charge in [0.15, 0.2) is 0 Å². The molecule has 0 radical (unpaired) electrons. The first-order chi connectivity index (χ1) is 5.79. The van der Waals surface area contributed by atoms with Crippen molar-refractivity contribution in [3.8, 4) is 0 Å². The number of aryl methyl sites for hydroxylation is 1. The predicted octanol–water partition coefficient (Wildman–Crippen LogP) is 1.75. The third-order valence-corrected chi connectivity index (χ3v) is 1.90. The summed E-state index contributed by atoms with van der Waals surface area (Å²) in [7, 11) is 0. The monoisotopic (exact) mass is 197 g/mol. The second kappa shape index (κ2) is 3.77. The van der Waals surface area contributed by atoms with E-state index in [-0.39, 0.29) is 12.4 Å². The second-order valence-corrected chi connectivity index (χ2v) is 2.88. The quantitative estimate of drug-likeness (QED) is 0.732. The van der Waals surface area contributed by atoms with Crippen molar-refractivity contribution in [1.82, 2.24) is 9.97 Å². The van der Waals surface area contributed by atoms with Gasteiger partial charge in [0.05, 0.1) is 11.0 Å². The van der Waals surface area contributed by atoms with E-state index in [2.05, 4.69) is 9.97 Å². The van der Waals surface area contributed by atoms with Gasteiger partial charge >= 0.3 is 0 Å². The number of imidazole rings is 1. The molecule has 0 aliphatic rings. The average Bonchev–Trinajstić information content (AvgIpc) is 2.43. The van der Waals surface area contributed by atoms with E-state index in [4.69, 9.17) is 5.73 Å². The van der Waals surface area contributed by atoms with E-state index in [0.717, 1.165) is 22.4 Å². The van der Waals surface area contributed by atoms with Crippen molar-refractivity contribution in [2.24, 2.45) is 5.73 Å². The lowest BCUT2D eigenvalue weighted by Gasteiger charge is -1.93. The Morgan fingerprint density at radius 2 is 2.23 bits per heavy atom. The number of nitrogens with one attached hydrogen (secondary N) is 1. The van der Waals surface area contributed by atoms with Crippen LogP contribution in [0, 0.1) is 6.92 Å². The molecule has 0 amide bonds. The maximum Gasteiger partial charge on any atom is 0.104 e. The molecule has 1 aromatic carbocycles. The molecule has 0 aliphatic carbocycles. The van der Waals surface area contributed by atoms with Crippen molar-refractivity contribution in [2.45, 2.75) is 13.5 Å². The van der Waals surface area contributed by atoms with Crippen LogP contribution in [-0.2, 0) is 6.54 Å². The molecule has 0 atom stereocenters. The van der Waals surface area contributed by atoms with Gasteiger partial charge in [-0.05, 0) is 24.6 Å². The summed E-state index contributed by atoms with van der Waals surface area (Å²) < 4.78 is 0. The van der Waals surface area contributed by atoms with Crippen molar-refractivity contribution < 1.29 is 0 Å². The Bertz CT molecular complexity index is 408. The Hall–Kier alpha value is -1.06. The van der Waals surface area contributed by atoms with Crippen molar-refractivity contribution in [1.29, 1.82) is 0 Å². The van der Waals surface area contributed by atoms with Crippen LogP contribution >= 0.6 is 12.4 Å². The standard InChI is InChI=1S/C9H11N3.ClH/c1-6-11-8-3-2-7(5-10)4-9(8)12-6;/h2-4H,5,10H2,1H3,(H,11,12);1H.